The first kappa shape index (κ1) is 16.6. The number of benzene rings is 1. The van der Waals surface area contributed by atoms with E-state index in [-0.39, 0.29) is 23.6 Å². The van der Waals surface area contributed by atoms with Gasteiger partial charge in [0.1, 0.15) is 5.75 Å². The second kappa shape index (κ2) is 6.57. The maximum atomic E-state index is 12.6. The van der Waals surface area contributed by atoms with Gasteiger partial charge in [0, 0.05) is 18.7 Å². The Kier molecular flexibility index (Phi) is 4.97. The van der Waals surface area contributed by atoms with Gasteiger partial charge >= 0.3 is 12.6 Å². The zero-order chi connectivity index (χ0) is 16.3. The van der Waals surface area contributed by atoms with Crippen LogP contribution >= 0.6 is 0 Å². The summed E-state index contributed by atoms with van der Waals surface area (Å²) in [5, 5.41) is 8.85. The molecule has 1 saturated heterocycles. The molecule has 0 amide bonds. The number of alkyl halides is 2. The molecule has 122 valence electrons. The van der Waals surface area contributed by atoms with Crippen molar-refractivity contribution in [3.8, 4) is 5.75 Å². The minimum atomic E-state index is -3.95. The minimum absolute atomic E-state index is 0.192. The summed E-state index contributed by atoms with van der Waals surface area (Å²) in [5.74, 6) is -1.34. The van der Waals surface area contributed by atoms with E-state index in [1.165, 1.54) is 18.2 Å². The fourth-order valence-electron chi connectivity index (χ4n) is 2.48. The van der Waals surface area contributed by atoms with Gasteiger partial charge in [0.05, 0.1) is 11.3 Å². The summed E-state index contributed by atoms with van der Waals surface area (Å²) in [4.78, 5) is 10.6. The lowest BCUT2D eigenvalue weighted by molar-refractivity contribution is -0.137. The molecule has 1 N–H and O–H groups in total. The van der Waals surface area contributed by atoms with E-state index in [1.54, 1.807) is 0 Å². The Bertz CT molecular complexity index is 650. The molecule has 0 aliphatic carbocycles. The normalized spacial score (nSPS) is 19.5. The Balaban J connectivity index is 2.27. The smallest absolute Gasteiger partial charge is 0.387 e. The van der Waals surface area contributed by atoms with Crippen molar-refractivity contribution in [3.05, 3.63) is 24.3 Å². The summed E-state index contributed by atoms with van der Waals surface area (Å²) in [6.07, 6.45) is 0.732. The summed E-state index contributed by atoms with van der Waals surface area (Å²) in [6.45, 7) is -2.84. The van der Waals surface area contributed by atoms with Crippen LogP contribution in [0.3, 0.4) is 0 Å². The number of hydrogen-bond donors (Lipinski definition) is 1. The molecule has 1 heterocycles. The Morgan fingerprint density at radius 3 is 2.82 bits per heavy atom. The van der Waals surface area contributed by atoms with E-state index < -0.39 is 28.6 Å². The molecule has 1 aromatic rings. The lowest BCUT2D eigenvalue weighted by Crippen LogP contribution is -2.36. The summed E-state index contributed by atoms with van der Waals surface area (Å²) in [6, 6.07) is 4.18. The fraction of sp³-hybridized carbons (Fsp3) is 0.462. The first-order valence-electron chi connectivity index (χ1n) is 6.59. The largest absolute Gasteiger partial charge is 0.481 e. The fourth-order valence-corrected chi connectivity index (χ4v) is 4.21. The molecule has 1 fully saturated rings. The highest BCUT2D eigenvalue weighted by Gasteiger charge is 2.36. The first-order chi connectivity index (χ1) is 10.3. The van der Waals surface area contributed by atoms with Gasteiger partial charge in [-0.1, -0.05) is 6.07 Å². The highest BCUT2D eigenvalue weighted by Crippen LogP contribution is 2.29. The molecule has 0 bridgehead atoms. The van der Waals surface area contributed by atoms with Crippen molar-refractivity contribution < 1.29 is 31.8 Å². The third kappa shape index (κ3) is 3.72. The number of carbonyl (C=O) groups is 1. The average molecular weight is 335 g/mol. The summed E-state index contributed by atoms with van der Waals surface area (Å²) in [5.41, 5.74) is 0. The Morgan fingerprint density at radius 2 is 2.18 bits per heavy atom. The number of halogens is 2. The van der Waals surface area contributed by atoms with Crippen molar-refractivity contribution in [2.75, 3.05) is 6.54 Å². The molecular weight excluding hydrogens is 320 g/mol. The van der Waals surface area contributed by atoms with Gasteiger partial charge in [0.25, 0.3) is 0 Å². The van der Waals surface area contributed by atoms with Crippen LogP contribution < -0.4 is 4.74 Å². The number of hydrogen-bond acceptors (Lipinski definition) is 4. The highest BCUT2D eigenvalue weighted by molar-refractivity contribution is 7.89. The van der Waals surface area contributed by atoms with Gasteiger partial charge in [0.2, 0.25) is 10.0 Å². The molecular formula is C13H15F2NO5S. The summed E-state index contributed by atoms with van der Waals surface area (Å²) < 4.78 is 54.8. The zero-order valence-corrected chi connectivity index (χ0v) is 12.3. The van der Waals surface area contributed by atoms with Crippen molar-refractivity contribution in [2.45, 2.75) is 36.8 Å². The van der Waals surface area contributed by atoms with Crippen LogP contribution in [0.1, 0.15) is 19.3 Å². The lowest BCUT2D eigenvalue weighted by atomic mass is 10.2. The van der Waals surface area contributed by atoms with Crippen LogP contribution in [0.4, 0.5) is 8.78 Å². The van der Waals surface area contributed by atoms with Crippen LogP contribution in [0, 0.1) is 0 Å². The molecule has 22 heavy (non-hydrogen) atoms. The van der Waals surface area contributed by atoms with Crippen molar-refractivity contribution >= 4 is 16.0 Å². The van der Waals surface area contributed by atoms with Crippen LogP contribution in [0.25, 0.3) is 0 Å². The van der Waals surface area contributed by atoms with Crippen molar-refractivity contribution in [1.29, 1.82) is 0 Å². The molecule has 0 radical (unpaired) electrons. The molecule has 6 nitrogen and oxygen atoms in total. The van der Waals surface area contributed by atoms with Crippen LogP contribution in [0.15, 0.2) is 29.2 Å². The van der Waals surface area contributed by atoms with Gasteiger partial charge < -0.3 is 9.84 Å². The molecule has 9 heteroatoms. The molecule has 0 unspecified atom stereocenters. The monoisotopic (exact) mass is 335 g/mol. The molecule has 1 aliphatic rings. The van der Waals surface area contributed by atoms with Crippen LogP contribution in [-0.4, -0.2) is 43.0 Å². The molecule has 1 aromatic carbocycles. The third-order valence-corrected chi connectivity index (χ3v) is 5.32. The highest BCUT2D eigenvalue weighted by atomic mass is 32.2. The van der Waals surface area contributed by atoms with Gasteiger partial charge in [-0.05, 0) is 25.0 Å². The Hall–Kier alpha value is -1.74. The van der Waals surface area contributed by atoms with E-state index in [1.807, 2.05) is 0 Å². The second-order valence-corrected chi connectivity index (χ2v) is 6.75. The van der Waals surface area contributed by atoms with Gasteiger partial charge in [-0.25, -0.2) is 8.42 Å². The van der Waals surface area contributed by atoms with Crippen LogP contribution in [0.5, 0.6) is 5.75 Å². The van der Waals surface area contributed by atoms with Crippen molar-refractivity contribution in [3.63, 3.8) is 0 Å². The maximum Gasteiger partial charge on any atom is 0.387 e. The predicted molar refractivity (Wildman–Crippen MR) is 72.2 cm³/mol. The van der Waals surface area contributed by atoms with E-state index >= 15 is 0 Å². The predicted octanol–water partition coefficient (Wildman–Crippen LogP) is 1.92. The van der Waals surface area contributed by atoms with E-state index in [0.29, 0.717) is 12.8 Å². The molecule has 0 saturated carbocycles. The van der Waals surface area contributed by atoms with E-state index in [0.717, 1.165) is 10.4 Å². The van der Waals surface area contributed by atoms with E-state index in [4.69, 9.17) is 5.11 Å². The Labute approximate surface area is 126 Å². The number of carboxylic acid groups (broad SMARTS) is 1. The Morgan fingerprint density at radius 1 is 1.45 bits per heavy atom. The van der Waals surface area contributed by atoms with Crippen LogP contribution in [-0.2, 0) is 14.8 Å². The van der Waals surface area contributed by atoms with Crippen LogP contribution in [0.2, 0.25) is 0 Å². The standard InChI is InChI=1S/C13H15F2NO5S/c14-13(15)21-10-4-1-5-11(8-10)22(19,20)16-6-2-3-9(16)7-12(17)18/h1,4-5,8-9,13H,2-3,6-7H2,(H,17,18)/t9-/m1/s1. The molecule has 1 atom stereocenters. The second-order valence-electron chi connectivity index (χ2n) is 4.86. The quantitative estimate of drug-likeness (QED) is 0.858. The summed E-state index contributed by atoms with van der Waals surface area (Å²) in [7, 11) is -3.95. The zero-order valence-electron chi connectivity index (χ0n) is 11.5. The van der Waals surface area contributed by atoms with Gasteiger partial charge in [-0.3, -0.25) is 4.79 Å². The van der Waals surface area contributed by atoms with Gasteiger partial charge in [0.15, 0.2) is 0 Å². The van der Waals surface area contributed by atoms with Gasteiger partial charge in [-0.15, -0.1) is 0 Å². The topological polar surface area (TPSA) is 83.9 Å². The average Bonchev–Trinajstić information content (AvgIpc) is 2.86. The third-order valence-electron chi connectivity index (χ3n) is 3.37. The first-order valence-corrected chi connectivity index (χ1v) is 8.03. The molecule has 1 aliphatic heterocycles. The lowest BCUT2D eigenvalue weighted by Gasteiger charge is -2.23. The number of sulfonamides is 1. The summed E-state index contributed by atoms with van der Waals surface area (Å²) >= 11 is 0. The van der Waals surface area contributed by atoms with E-state index in [9.17, 15) is 22.0 Å². The number of ether oxygens (including phenoxy) is 1. The number of carboxylic acids is 1. The van der Waals surface area contributed by atoms with Gasteiger partial charge in [-0.2, -0.15) is 13.1 Å². The van der Waals surface area contributed by atoms with Crippen molar-refractivity contribution in [1.82, 2.24) is 4.31 Å². The molecule has 0 aromatic heterocycles. The number of rotatable bonds is 6. The van der Waals surface area contributed by atoms with E-state index in [2.05, 4.69) is 4.74 Å². The molecule has 2 rings (SSSR count). The van der Waals surface area contributed by atoms with Crippen molar-refractivity contribution in [2.24, 2.45) is 0 Å². The number of aliphatic carboxylic acids is 1. The minimum Gasteiger partial charge on any atom is -0.481 e. The SMILES string of the molecule is O=C(O)C[C@H]1CCCN1S(=O)(=O)c1cccc(OC(F)F)c1. The maximum absolute atomic E-state index is 12.6. The molecule has 0 spiro atoms. The number of nitrogens with zero attached hydrogens (tertiary/aromatic N) is 1.